The van der Waals surface area contributed by atoms with Crippen LogP contribution < -0.4 is 10.1 Å². The third-order valence-electron chi connectivity index (χ3n) is 4.08. The van der Waals surface area contributed by atoms with E-state index in [-0.39, 0.29) is 34.3 Å². The van der Waals surface area contributed by atoms with E-state index in [0.29, 0.717) is 0 Å². The van der Waals surface area contributed by atoms with Gasteiger partial charge in [-0.2, -0.15) is 0 Å². The highest BCUT2D eigenvalue weighted by Gasteiger charge is 2.22. The van der Waals surface area contributed by atoms with E-state index in [1.165, 1.54) is 19.2 Å². The molecule has 0 spiro atoms. The van der Waals surface area contributed by atoms with Crippen molar-refractivity contribution in [2.75, 3.05) is 24.8 Å². The molecule has 0 bridgehead atoms. The summed E-state index contributed by atoms with van der Waals surface area (Å²) in [7, 11) is -2.51. The van der Waals surface area contributed by atoms with Crippen molar-refractivity contribution in [2.24, 2.45) is 5.92 Å². The van der Waals surface area contributed by atoms with Gasteiger partial charge in [0, 0.05) is 12.3 Å². The summed E-state index contributed by atoms with van der Waals surface area (Å²) in [5.41, 5.74) is -1.10. The number of halogens is 3. The third kappa shape index (κ3) is 5.48. The topological polar surface area (TPSA) is 92.7 Å². The monoisotopic (exact) mass is 431 g/mol. The van der Waals surface area contributed by atoms with Crippen molar-refractivity contribution < 1.29 is 36.2 Å². The Balaban J connectivity index is 2.38. The molecule has 2 rings (SSSR count). The highest BCUT2D eigenvalue weighted by molar-refractivity contribution is 7.91. The van der Waals surface area contributed by atoms with Gasteiger partial charge in [0.2, 0.25) is 0 Å². The second kappa shape index (κ2) is 9.27. The van der Waals surface area contributed by atoms with Crippen LogP contribution in [0.5, 0.6) is 5.75 Å². The summed E-state index contributed by atoms with van der Waals surface area (Å²) < 4.78 is 69.2. The molecule has 0 aromatic heterocycles. The summed E-state index contributed by atoms with van der Waals surface area (Å²) >= 11 is 0. The molecule has 0 aliphatic carbocycles. The number of carbonyl (C=O) groups is 1. The van der Waals surface area contributed by atoms with Gasteiger partial charge >= 0.3 is 0 Å². The highest BCUT2D eigenvalue weighted by atomic mass is 32.2. The molecule has 1 atom stereocenters. The predicted octanol–water partition coefficient (Wildman–Crippen LogP) is 3.43. The fourth-order valence-corrected chi connectivity index (χ4v) is 4.19. The molecule has 2 aromatic carbocycles. The summed E-state index contributed by atoms with van der Waals surface area (Å²) in [6, 6.07) is 6.36. The maximum atomic E-state index is 13.4. The van der Waals surface area contributed by atoms with Crippen LogP contribution in [0.1, 0.15) is 29.3 Å². The first-order chi connectivity index (χ1) is 13.6. The first kappa shape index (κ1) is 22.7. The number of aliphatic hydroxyl groups excluding tert-OH is 1. The Bertz CT molecular complexity index is 995. The smallest absolute Gasteiger partial charge is 0.266 e. The zero-order valence-corrected chi connectivity index (χ0v) is 16.5. The van der Waals surface area contributed by atoms with Crippen LogP contribution in [-0.2, 0) is 9.84 Å². The minimum atomic E-state index is -3.79. The van der Waals surface area contributed by atoms with Crippen molar-refractivity contribution in [3.05, 3.63) is 53.3 Å². The van der Waals surface area contributed by atoms with Crippen LogP contribution in [-0.4, -0.2) is 38.9 Å². The SMILES string of the molecule is COc1ccc(S(=O)(=O)C[C@@H](C)CO)cc1C(=O)Nc1ccc(F)c(C(F)F)c1. The molecular formula is C19H20F3NO5S. The molecule has 29 heavy (non-hydrogen) atoms. The van der Waals surface area contributed by atoms with Crippen LogP contribution in [0, 0.1) is 11.7 Å². The first-order valence-corrected chi connectivity index (χ1v) is 10.1. The minimum absolute atomic E-state index is 0.0628. The van der Waals surface area contributed by atoms with E-state index in [0.717, 1.165) is 24.3 Å². The summed E-state index contributed by atoms with van der Waals surface area (Å²) in [6.45, 7) is 1.24. The van der Waals surface area contributed by atoms with Crippen LogP contribution in [0.2, 0.25) is 0 Å². The van der Waals surface area contributed by atoms with Crippen molar-refractivity contribution in [1.82, 2.24) is 0 Å². The van der Waals surface area contributed by atoms with Crippen LogP contribution in [0.25, 0.3) is 0 Å². The van der Waals surface area contributed by atoms with Crippen molar-refractivity contribution in [1.29, 1.82) is 0 Å². The molecule has 0 aliphatic heterocycles. The Morgan fingerprint density at radius 3 is 2.48 bits per heavy atom. The second-order valence-electron chi connectivity index (χ2n) is 6.42. The molecule has 0 heterocycles. The first-order valence-electron chi connectivity index (χ1n) is 8.49. The van der Waals surface area contributed by atoms with Crippen LogP contribution in [0.15, 0.2) is 41.3 Å². The van der Waals surface area contributed by atoms with E-state index in [1.807, 2.05) is 0 Å². The lowest BCUT2D eigenvalue weighted by Gasteiger charge is -2.14. The number of benzene rings is 2. The number of amides is 1. The quantitative estimate of drug-likeness (QED) is 0.668. The van der Waals surface area contributed by atoms with Gasteiger partial charge in [-0.25, -0.2) is 21.6 Å². The molecule has 0 radical (unpaired) electrons. The zero-order valence-electron chi connectivity index (χ0n) is 15.7. The van der Waals surface area contributed by atoms with Crippen molar-refractivity contribution in [2.45, 2.75) is 18.2 Å². The van der Waals surface area contributed by atoms with Crippen molar-refractivity contribution in [3.63, 3.8) is 0 Å². The summed E-state index contributed by atoms with van der Waals surface area (Å²) in [4.78, 5) is 12.5. The van der Waals surface area contributed by atoms with Crippen molar-refractivity contribution in [3.8, 4) is 5.75 Å². The summed E-state index contributed by atoms with van der Waals surface area (Å²) in [5.74, 6) is -2.70. The van der Waals surface area contributed by atoms with Gasteiger partial charge in [0.25, 0.3) is 12.3 Å². The van der Waals surface area contributed by atoms with Gasteiger partial charge in [0.1, 0.15) is 11.6 Å². The van der Waals surface area contributed by atoms with E-state index in [4.69, 9.17) is 9.84 Å². The number of anilines is 1. The van der Waals surface area contributed by atoms with Crippen LogP contribution in [0.3, 0.4) is 0 Å². The lowest BCUT2D eigenvalue weighted by Crippen LogP contribution is -2.18. The van der Waals surface area contributed by atoms with Gasteiger partial charge in [0.15, 0.2) is 9.84 Å². The van der Waals surface area contributed by atoms with Gasteiger partial charge in [-0.1, -0.05) is 6.92 Å². The molecule has 2 aromatic rings. The Morgan fingerprint density at radius 2 is 1.90 bits per heavy atom. The Labute approximate surface area is 166 Å². The molecule has 0 saturated carbocycles. The Hall–Kier alpha value is -2.59. The number of ether oxygens (including phenoxy) is 1. The third-order valence-corrected chi connectivity index (χ3v) is 6.06. The summed E-state index contributed by atoms with van der Waals surface area (Å²) in [5, 5.41) is 11.4. The van der Waals surface area contributed by atoms with E-state index in [1.54, 1.807) is 6.92 Å². The van der Waals surface area contributed by atoms with E-state index >= 15 is 0 Å². The number of nitrogens with one attached hydrogen (secondary N) is 1. The normalized spacial score (nSPS) is 12.7. The van der Waals surface area contributed by atoms with Crippen molar-refractivity contribution >= 4 is 21.4 Å². The largest absolute Gasteiger partial charge is 0.496 e. The van der Waals surface area contributed by atoms with Crippen LogP contribution >= 0.6 is 0 Å². The number of hydrogen-bond acceptors (Lipinski definition) is 5. The van der Waals surface area contributed by atoms with Gasteiger partial charge in [-0.3, -0.25) is 4.79 Å². The average Bonchev–Trinajstić information content (AvgIpc) is 2.68. The molecular weight excluding hydrogens is 411 g/mol. The van der Waals surface area contributed by atoms with E-state index < -0.39 is 39.5 Å². The minimum Gasteiger partial charge on any atom is -0.496 e. The predicted molar refractivity (Wildman–Crippen MR) is 101 cm³/mol. The van der Waals surface area contributed by atoms with E-state index in [9.17, 15) is 26.4 Å². The maximum Gasteiger partial charge on any atom is 0.266 e. The fraction of sp³-hybridized carbons (Fsp3) is 0.316. The number of methoxy groups -OCH3 is 1. The lowest BCUT2D eigenvalue weighted by atomic mass is 10.1. The van der Waals surface area contributed by atoms with E-state index in [2.05, 4.69) is 5.32 Å². The van der Waals surface area contributed by atoms with Gasteiger partial charge < -0.3 is 15.2 Å². The van der Waals surface area contributed by atoms with Gasteiger partial charge in [-0.15, -0.1) is 0 Å². The second-order valence-corrected chi connectivity index (χ2v) is 8.46. The highest BCUT2D eigenvalue weighted by Crippen LogP contribution is 2.28. The molecule has 0 saturated heterocycles. The number of hydrogen-bond donors (Lipinski definition) is 2. The average molecular weight is 431 g/mol. The Morgan fingerprint density at radius 1 is 1.21 bits per heavy atom. The molecule has 158 valence electrons. The van der Waals surface area contributed by atoms with Crippen LogP contribution in [0.4, 0.5) is 18.9 Å². The fourth-order valence-electron chi connectivity index (χ4n) is 2.57. The number of alkyl halides is 2. The molecule has 0 aliphatic rings. The maximum absolute atomic E-state index is 13.4. The lowest BCUT2D eigenvalue weighted by molar-refractivity contribution is 0.102. The molecule has 1 amide bonds. The summed E-state index contributed by atoms with van der Waals surface area (Å²) in [6.07, 6.45) is -3.07. The molecule has 10 heteroatoms. The Kier molecular flexibility index (Phi) is 7.26. The number of rotatable bonds is 8. The number of sulfone groups is 1. The van der Waals surface area contributed by atoms with Gasteiger partial charge in [-0.05, 0) is 42.3 Å². The number of carbonyl (C=O) groups excluding carboxylic acids is 1. The standard InChI is InChI=1S/C19H20F3NO5S/c1-11(9-24)10-29(26,27)13-4-6-17(28-2)15(8-13)19(25)23-12-3-5-16(20)14(7-12)18(21)22/h3-8,11,18,24H,9-10H2,1-2H3,(H,23,25)/t11-/m0/s1. The molecule has 0 unspecified atom stereocenters. The van der Waals surface area contributed by atoms with Gasteiger partial charge in [0.05, 0.1) is 28.9 Å². The molecule has 6 nitrogen and oxygen atoms in total. The molecule has 2 N–H and O–H groups in total. The molecule has 0 fully saturated rings. The zero-order chi connectivity index (χ0) is 21.8. The number of aliphatic hydroxyl groups is 1.